The Kier molecular flexibility index (Phi) is 4.49. The fourth-order valence-corrected chi connectivity index (χ4v) is 3.56. The zero-order valence-corrected chi connectivity index (χ0v) is 15.0. The van der Waals surface area contributed by atoms with Crippen LogP contribution in [0.2, 0.25) is 0 Å². The van der Waals surface area contributed by atoms with Crippen molar-refractivity contribution in [2.75, 3.05) is 13.2 Å². The van der Waals surface area contributed by atoms with Crippen LogP contribution in [0.3, 0.4) is 0 Å². The number of hydrogen-bond acceptors (Lipinski definition) is 6. The molecule has 3 heterocycles. The first kappa shape index (κ1) is 16.6. The first-order valence-electron chi connectivity index (χ1n) is 8.20. The first-order chi connectivity index (χ1) is 12.1. The SMILES string of the molecule is CC1(C)COB(c2ccc(CSc3ncnc4[nH]cnc34)cc2)OC1. The number of fused-ring (bicyclic) bond motifs is 1. The van der Waals surface area contributed by atoms with Crippen molar-refractivity contribution in [3.05, 3.63) is 42.5 Å². The van der Waals surface area contributed by atoms with Crippen molar-refractivity contribution in [3.63, 3.8) is 0 Å². The molecule has 0 radical (unpaired) electrons. The van der Waals surface area contributed by atoms with Gasteiger partial charge in [-0.2, -0.15) is 0 Å². The maximum atomic E-state index is 5.83. The van der Waals surface area contributed by atoms with Crippen LogP contribution in [0.15, 0.2) is 41.9 Å². The normalized spacial score (nSPS) is 17.1. The van der Waals surface area contributed by atoms with E-state index in [9.17, 15) is 0 Å². The predicted molar refractivity (Wildman–Crippen MR) is 98.8 cm³/mol. The minimum Gasteiger partial charge on any atom is -0.407 e. The molecule has 1 aromatic carbocycles. The molecule has 0 spiro atoms. The molecule has 0 bridgehead atoms. The Morgan fingerprint density at radius 2 is 1.88 bits per heavy atom. The monoisotopic (exact) mass is 354 g/mol. The minimum absolute atomic E-state index is 0.0855. The Morgan fingerprint density at radius 1 is 1.12 bits per heavy atom. The van der Waals surface area contributed by atoms with E-state index in [0.717, 1.165) is 27.4 Å². The third-order valence-electron chi connectivity index (χ3n) is 4.06. The van der Waals surface area contributed by atoms with E-state index in [1.807, 2.05) is 0 Å². The Hall–Kier alpha value is -1.90. The molecule has 2 aromatic heterocycles. The van der Waals surface area contributed by atoms with Crippen LogP contribution < -0.4 is 5.46 Å². The maximum absolute atomic E-state index is 5.83. The summed E-state index contributed by atoms with van der Waals surface area (Å²) in [7, 11) is -0.264. The fraction of sp³-hybridized carbons (Fsp3) is 0.353. The number of H-pyrrole nitrogens is 1. The number of rotatable bonds is 4. The van der Waals surface area contributed by atoms with Gasteiger partial charge < -0.3 is 14.3 Å². The summed E-state index contributed by atoms with van der Waals surface area (Å²) in [5.41, 5.74) is 3.94. The lowest BCUT2D eigenvalue weighted by Crippen LogP contribution is -2.47. The van der Waals surface area contributed by atoms with Crippen molar-refractivity contribution in [1.29, 1.82) is 0 Å². The number of nitrogens with one attached hydrogen (secondary N) is 1. The molecule has 8 heteroatoms. The zero-order chi connectivity index (χ0) is 17.3. The second-order valence-corrected chi connectivity index (χ2v) is 7.89. The smallest absolute Gasteiger partial charge is 0.407 e. The topological polar surface area (TPSA) is 72.9 Å². The van der Waals surface area contributed by atoms with Gasteiger partial charge >= 0.3 is 7.12 Å². The van der Waals surface area contributed by atoms with Crippen molar-refractivity contribution in [2.45, 2.75) is 24.6 Å². The van der Waals surface area contributed by atoms with Crippen LogP contribution in [0.4, 0.5) is 0 Å². The van der Waals surface area contributed by atoms with Gasteiger partial charge in [0, 0.05) is 24.4 Å². The number of aromatic nitrogens is 4. The molecule has 0 aliphatic carbocycles. The lowest BCUT2D eigenvalue weighted by molar-refractivity contribution is 0.0343. The molecule has 0 unspecified atom stereocenters. The maximum Gasteiger partial charge on any atom is 0.493 e. The average Bonchev–Trinajstić information content (AvgIpc) is 3.10. The summed E-state index contributed by atoms with van der Waals surface area (Å²) in [6, 6.07) is 8.36. The Morgan fingerprint density at radius 3 is 2.64 bits per heavy atom. The summed E-state index contributed by atoms with van der Waals surface area (Å²) < 4.78 is 11.7. The molecule has 0 saturated carbocycles. The molecular weight excluding hydrogens is 335 g/mol. The van der Waals surface area contributed by atoms with Crippen LogP contribution in [0.5, 0.6) is 0 Å². The summed E-state index contributed by atoms with van der Waals surface area (Å²) in [5, 5.41) is 0.886. The Balaban J connectivity index is 1.40. The summed E-state index contributed by atoms with van der Waals surface area (Å²) in [4.78, 5) is 15.8. The van der Waals surface area contributed by atoms with E-state index < -0.39 is 0 Å². The minimum atomic E-state index is -0.264. The van der Waals surface area contributed by atoms with Crippen molar-refractivity contribution in [3.8, 4) is 0 Å². The molecule has 1 aliphatic rings. The van der Waals surface area contributed by atoms with Crippen molar-refractivity contribution < 1.29 is 9.31 Å². The van der Waals surface area contributed by atoms with Crippen molar-refractivity contribution in [1.82, 2.24) is 19.9 Å². The summed E-state index contributed by atoms with van der Waals surface area (Å²) in [6.45, 7) is 5.71. The van der Waals surface area contributed by atoms with Crippen LogP contribution >= 0.6 is 11.8 Å². The Bertz CT molecular complexity index is 858. The van der Waals surface area contributed by atoms with Gasteiger partial charge in [0.1, 0.15) is 16.9 Å². The van der Waals surface area contributed by atoms with E-state index in [4.69, 9.17) is 9.31 Å². The Labute approximate surface area is 150 Å². The van der Waals surface area contributed by atoms with E-state index in [2.05, 4.69) is 58.0 Å². The zero-order valence-electron chi connectivity index (χ0n) is 14.2. The molecule has 0 amide bonds. The second-order valence-electron chi connectivity index (χ2n) is 6.93. The van der Waals surface area contributed by atoms with E-state index in [1.54, 1.807) is 24.4 Å². The van der Waals surface area contributed by atoms with Crippen LogP contribution in [0.1, 0.15) is 19.4 Å². The van der Waals surface area contributed by atoms with Gasteiger partial charge in [-0.15, -0.1) is 0 Å². The average molecular weight is 354 g/mol. The lowest BCUT2D eigenvalue weighted by Gasteiger charge is -2.33. The predicted octanol–water partition coefficient (Wildman–Crippen LogP) is 2.41. The number of benzene rings is 1. The van der Waals surface area contributed by atoms with Gasteiger partial charge in [0.05, 0.1) is 6.33 Å². The van der Waals surface area contributed by atoms with Gasteiger partial charge in [-0.25, -0.2) is 15.0 Å². The highest BCUT2D eigenvalue weighted by Crippen LogP contribution is 2.25. The van der Waals surface area contributed by atoms with Gasteiger partial charge in [0.25, 0.3) is 0 Å². The quantitative estimate of drug-likeness (QED) is 0.441. The van der Waals surface area contributed by atoms with E-state index in [-0.39, 0.29) is 12.5 Å². The van der Waals surface area contributed by atoms with Crippen LogP contribution in [-0.4, -0.2) is 40.3 Å². The molecule has 1 fully saturated rings. The second kappa shape index (κ2) is 6.78. The molecule has 3 aromatic rings. The third-order valence-corrected chi connectivity index (χ3v) is 5.11. The van der Waals surface area contributed by atoms with E-state index >= 15 is 0 Å². The van der Waals surface area contributed by atoms with Crippen molar-refractivity contribution >= 4 is 35.5 Å². The van der Waals surface area contributed by atoms with Crippen LogP contribution in [-0.2, 0) is 15.1 Å². The van der Waals surface area contributed by atoms with E-state index in [1.165, 1.54) is 5.56 Å². The van der Waals surface area contributed by atoms with Gasteiger partial charge in [0.2, 0.25) is 0 Å². The highest BCUT2D eigenvalue weighted by molar-refractivity contribution is 7.98. The van der Waals surface area contributed by atoms with Gasteiger partial charge in [-0.1, -0.05) is 49.9 Å². The first-order valence-corrected chi connectivity index (χ1v) is 9.18. The number of hydrogen-bond donors (Lipinski definition) is 1. The number of aromatic amines is 1. The molecule has 128 valence electrons. The molecule has 6 nitrogen and oxygen atoms in total. The molecule has 4 rings (SSSR count). The fourth-order valence-electron chi connectivity index (χ4n) is 2.66. The van der Waals surface area contributed by atoms with Gasteiger partial charge in [-0.05, 0) is 11.0 Å². The molecular formula is C17H19BN4O2S. The number of imidazole rings is 1. The summed E-state index contributed by atoms with van der Waals surface area (Å²) >= 11 is 1.65. The molecule has 25 heavy (non-hydrogen) atoms. The highest BCUT2D eigenvalue weighted by Gasteiger charge is 2.33. The van der Waals surface area contributed by atoms with E-state index in [0.29, 0.717) is 13.2 Å². The largest absolute Gasteiger partial charge is 0.493 e. The molecule has 1 aliphatic heterocycles. The number of thioether (sulfide) groups is 1. The van der Waals surface area contributed by atoms with Gasteiger partial charge in [0.15, 0.2) is 5.65 Å². The van der Waals surface area contributed by atoms with Crippen LogP contribution in [0, 0.1) is 5.41 Å². The van der Waals surface area contributed by atoms with Gasteiger partial charge in [-0.3, -0.25) is 0 Å². The molecule has 1 N–H and O–H groups in total. The lowest BCUT2D eigenvalue weighted by atomic mass is 9.76. The van der Waals surface area contributed by atoms with Crippen LogP contribution in [0.25, 0.3) is 11.2 Å². The summed E-state index contributed by atoms with van der Waals surface area (Å²) in [5.74, 6) is 0.818. The standard InChI is InChI=1S/C17H19BN4O2S/c1-17(2)8-23-18(24-9-17)13-5-3-12(4-6-13)7-25-16-14-15(20-10-19-14)21-11-22-16/h3-6,10-11H,7-9H2,1-2H3,(H,19,20,21,22). The number of nitrogens with zero attached hydrogens (tertiary/aromatic N) is 3. The summed E-state index contributed by atoms with van der Waals surface area (Å²) in [6.07, 6.45) is 3.20. The molecule has 1 saturated heterocycles. The highest BCUT2D eigenvalue weighted by atomic mass is 32.2. The molecule has 0 atom stereocenters. The third kappa shape index (κ3) is 3.71. The van der Waals surface area contributed by atoms with Crippen molar-refractivity contribution in [2.24, 2.45) is 5.41 Å².